The number of allylic oxidation sites excluding steroid dienone is 2. The van der Waals surface area contributed by atoms with E-state index in [2.05, 4.69) is 4.74 Å². The molecule has 0 spiro atoms. The van der Waals surface area contributed by atoms with E-state index in [0.29, 0.717) is 5.56 Å². The fourth-order valence-electron chi connectivity index (χ4n) is 2.30. The molecule has 0 heterocycles. The maximum Gasteiger partial charge on any atom is 0.413 e. The van der Waals surface area contributed by atoms with Gasteiger partial charge in [0, 0.05) is 28.8 Å². The van der Waals surface area contributed by atoms with Gasteiger partial charge >= 0.3 is 12.1 Å². The van der Waals surface area contributed by atoms with E-state index in [1.165, 1.54) is 0 Å². The van der Waals surface area contributed by atoms with Gasteiger partial charge in [-0.15, -0.1) is 0 Å². The van der Waals surface area contributed by atoms with Crippen LogP contribution in [0.3, 0.4) is 0 Å². The van der Waals surface area contributed by atoms with Crippen LogP contribution in [-0.4, -0.2) is 29.9 Å². The molecule has 0 aliphatic heterocycles. The van der Waals surface area contributed by atoms with E-state index in [4.69, 9.17) is 12.2 Å². The molecule has 2 rings (SSSR count). The second-order valence-electron chi connectivity index (χ2n) is 5.12. The number of thiocarbonyl (C=S) groups is 1. The summed E-state index contributed by atoms with van der Waals surface area (Å²) in [7, 11) is 1.06. The third-order valence-electron chi connectivity index (χ3n) is 3.53. The predicted octanol–water partition coefficient (Wildman–Crippen LogP) is 3.99. The van der Waals surface area contributed by atoms with Gasteiger partial charge in [-0.2, -0.15) is 13.2 Å². The first kappa shape index (κ1) is 18.1. The number of esters is 1. The van der Waals surface area contributed by atoms with Crippen molar-refractivity contribution in [2.45, 2.75) is 19.0 Å². The summed E-state index contributed by atoms with van der Waals surface area (Å²) in [6, 6.07) is 8.25. The minimum absolute atomic E-state index is 0.0745. The lowest BCUT2D eigenvalue weighted by atomic mass is 9.87. The fourth-order valence-corrected chi connectivity index (χ4v) is 2.63. The number of ether oxygens (including phenoxy) is 1. The van der Waals surface area contributed by atoms with Crippen molar-refractivity contribution in [1.82, 2.24) is 0 Å². The van der Waals surface area contributed by atoms with Gasteiger partial charge in [-0.05, 0) is 11.6 Å². The first-order chi connectivity index (χ1) is 11.2. The Balaban J connectivity index is 2.44. The highest BCUT2D eigenvalue weighted by Crippen LogP contribution is 2.36. The number of alkyl halides is 3. The molecule has 0 amide bonds. The summed E-state index contributed by atoms with van der Waals surface area (Å²) in [5.41, 5.74) is -0.740. The number of hydrogen-bond donors (Lipinski definition) is 0. The fraction of sp³-hybridized carbons (Fsp3) is 0.235. The van der Waals surface area contributed by atoms with E-state index in [1.807, 2.05) is 0 Å². The Morgan fingerprint density at radius 3 is 2.38 bits per heavy atom. The molecule has 0 saturated heterocycles. The minimum atomic E-state index is -4.60. The molecule has 0 bridgehead atoms. The van der Waals surface area contributed by atoms with Crippen molar-refractivity contribution < 1.29 is 27.5 Å². The van der Waals surface area contributed by atoms with Crippen LogP contribution >= 0.6 is 12.2 Å². The van der Waals surface area contributed by atoms with Crippen LogP contribution < -0.4 is 0 Å². The van der Waals surface area contributed by atoms with Crippen LogP contribution in [0.1, 0.15) is 23.2 Å². The molecule has 1 aromatic rings. The summed E-state index contributed by atoms with van der Waals surface area (Å²) in [5.74, 6) is -1.28. The molecule has 0 atom stereocenters. The Bertz CT molecular complexity index is 746. The zero-order chi connectivity index (χ0) is 17.9. The van der Waals surface area contributed by atoms with Gasteiger partial charge < -0.3 is 4.74 Å². The van der Waals surface area contributed by atoms with Crippen molar-refractivity contribution in [3.05, 3.63) is 58.7 Å². The lowest BCUT2D eigenvalue weighted by molar-refractivity contribution is -0.135. The number of rotatable bonds is 4. The molecule has 7 heteroatoms. The average molecular weight is 354 g/mol. The summed E-state index contributed by atoms with van der Waals surface area (Å²) >= 11 is 5.03. The van der Waals surface area contributed by atoms with Gasteiger partial charge in [0.05, 0.1) is 12.7 Å². The average Bonchev–Trinajstić information content (AvgIpc) is 2.55. The van der Waals surface area contributed by atoms with E-state index in [1.54, 1.807) is 30.3 Å². The smallest absolute Gasteiger partial charge is 0.413 e. The van der Waals surface area contributed by atoms with Crippen LogP contribution in [0.15, 0.2) is 53.1 Å². The predicted molar refractivity (Wildman–Crippen MR) is 85.8 cm³/mol. The maximum atomic E-state index is 12.9. The number of carbonyl (C=O) groups is 2. The van der Waals surface area contributed by atoms with Gasteiger partial charge in [0.15, 0.2) is 5.78 Å². The number of benzene rings is 1. The van der Waals surface area contributed by atoms with Gasteiger partial charge in [-0.3, -0.25) is 4.79 Å². The number of carbonyl (C=O) groups excluding carboxylic acids is 2. The van der Waals surface area contributed by atoms with E-state index >= 15 is 0 Å². The Hall–Kier alpha value is -2.28. The SMILES string of the molecule is COC(=O)C1=C(CC(=O)c2ccccc2)C(=S)CC(C(F)(F)F)=C1. The quantitative estimate of drug-likeness (QED) is 0.466. The molecule has 126 valence electrons. The van der Waals surface area contributed by atoms with Crippen molar-refractivity contribution in [3.8, 4) is 0 Å². The van der Waals surface area contributed by atoms with E-state index in [0.717, 1.165) is 13.2 Å². The molecule has 24 heavy (non-hydrogen) atoms. The summed E-state index contributed by atoms with van der Waals surface area (Å²) in [5, 5.41) is 0. The molecule has 1 aliphatic rings. The number of Topliss-reactive ketones (excluding diaryl/α,β-unsaturated/α-hetero) is 1. The van der Waals surface area contributed by atoms with Crippen LogP contribution in [0.4, 0.5) is 13.2 Å². The van der Waals surface area contributed by atoms with Gasteiger partial charge in [0.2, 0.25) is 0 Å². The van der Waals surface area contributed by atoms with E-state index < -0.39 is 24.1 Å². The van der Waals surface area contributed by atoms with Crippen molar-refractivity contribution in [1.29, 1.82) is 0 Å². The summed E-state index contributed by atoms with van der Waals surface area (Å²) in [4.78, 5) is 24.1. The molecular formula is C17H13F3O3S. The molecule has 0 fully saturated rings. The number of hydrogen-bond acceptors (Lipinski definition) is 4. The topological polar surface area (TPSA) is 43.4 Å². The second-order valence-corrected chi connectivity index (χ2v) is 5.61. The van der Waals surface area contributed by atoms with Crippen molar-refractivity contribution in [3.63, 3.8) is 0 Å². The number of halogens is 3. The van der Waals surface area contributed by atoms with E-state index in [9.17, 15) is 22.8 Å². The molecule has 0 saturated carbocycles. The standard InChI is InChI=1S/C17H13F3O3S/c1-23-16(22)13-7-11(17(18,19)20)8-15(24)12(13)9-14(21)10-5-3-2-4-6-10/h2-7H,8-9H2,1H3. The van der Waals surface area contributed by atoms with Gasteiger partial charge in [0.25, 0.3) is 0 Å². The molecule has 0 aromatic heterocycles. The molecule has 0 N–H and O–H groups in total. The van der Waals surface area contributed by atoms with Crippen LogP contribution in [0.5, 0.6) is 0 Å². The third kappa shape index (κ3) is 3.97. The second kappa shape index (κ2) is 7.09. The summed E-state index contributed by atoms with van der Waals surface area (Å²) in [6.07, 6.45) is -4.67. The zero-order valence-corrected chi connectivity index (χ0v) is 13.5. The lowest BCUT2D eigenvalue weighted by Gasteiger charge is -2.21. The largest absolute Gasteiger partial charge is 0.465 e. The Morgan fingerprint density at radius 2 is 1.83 bits per heavy atom. The van der Waals surface area contributed by atoms with Gasteiger partial charge in [-0.25, -0.2) is 4.79 Å². The minimum Gasteiger partial charge on any atom is -0.465 e. The third-order valence-corrected chi connectivity index (χ3v) is 3.92. The van der Waals surface area contributed by atoms with Crippen molar-refractivity contribution >= 4 is 28.8 Å². The molecule has 0 unspecified atom stereocenters. The normalized spacial score (nSPS) is 15.2. The van der Waals surface area contributed by atoms with Gasteiger partial charge in [0.1, 0.15) is 0 Å². The Morgan fingerprint density at radius 1 is 1.21 bits per heavy atom. The van der Waals surface area contributed by atoms with Crippen LogP contribution in [-0.2, 0) is 9.53 Å². The van der Waals surface area contributed by atoms with Crippen molar-refractivity contribution in [2.75, 3.05) is 7.11 Å². The first-order valence-corrected chi connectivity index (χ1v) is 7.35. The first-order valence-electron chi connectivity index (χ1n) is 6.94. The highest BCUT2D eigenvalue weighted by atomic mass is 32.1. The molecule has 3 nitrogen and oxygen atoms in total. The van der Waals surface area contributed by atoms with Gasteiger partial charge in [-0.1, -0.05) is 42.5 Å². The van der Waals surface area contributed by atoms with Crippen LogP contribution in [0.2, 0.25) is 0 Å². The Kier molecular flexibility index (Phi) is 5.33. The molecule has 1 aliphatic carbocycles. The van der Waals surface area contributed by atoms with Crippen LogP contribution in [0, 0.1) is 0 Å². The highest BCUT2D eigenvalue weighted by Gasteiger charge is 2.38. The number of methoxy groups -OCH3 is 1. The molecule has 1 aromatic carbocycles. The number of ketones is 1. The maximum absolute atomic E-state index is 12.9. The lowest BCUT2D eigenvalue weighted by Crippen LogP contribution is -2.24. The van der Waals surface area contributed by atoms with Crippen molar-refractivity contribution in [2.24, 2.45) is 0 Å². The molecular weight excluding hydrogens is 341 g/mol. The monoisotopic (exact) mass is 354 g/mol. The highest BCUT2D eigenvalue weighted by molar-refractivity contribution is 7.80. The van der Waals surface area contributed by atoms with Crippen LogP contribution in [0.25, 0.3) is 0 Å². The molecule has 0 radical (unpaired) electrons. The summed E-state index contributed by atoms with van der Waals surface area (Å²) in [6.45, 7) is 0. The van der Waals surface area contributed by atoms with E-state index in [-0.39, 0.29) is 28.2 Å². The zero-order valence-electron chi connectivity index (χ0n) is 12.6. The summed E-state index contributed by atoms with van der Waals surface area (Å²) < 4.78 is 43.4. The Labute approximate surface area is 141 Å².